The number of fused-ring (bicyclic) bond motifs is 1. The number of carbonyl (C=O) groups excluding carboxylic acids is 2. The number of nitrogens with one attached hydrogen (secondary N) is 2. The van der Waals surface area contributed by atoms with Crippen LogP contribution in [0.3, 0.4) is 0 Å². The van der Waals surface area contributed by atoms with Crippen LogP contribution in [0.4, 0.5) is 5.69 Å². The van der Waals surface area contributed by atoms with Crippen molar-refractivity contribution in [2.75, 3.05) is 44.3 Å². The van der Waals surface area contributed by atoms with Gasteiger partial charge in [0.15, 0.2) is 11.5 Å². The Balaban J connectivity index is 1.61. The highest BCUT2D eigenvalue weighted by Gasteiger charge is 2.35. The monoisotopic (exact) mass is 333 g/mol. The molecule has 1 aromatic rings. The van der Waals surface area contributed by atoms with Gasteiger partial charge in [-0.05, 0) is 18.7 Å². The van der Waals surface area contributed by atoms with E-state index in [0.717, 1.165) is 18.8 Å². The summed E-state index contributed by atoms with van der Waals surface area (Å²) < 4.78 is 11.1. The standard InChI is InChI=1S/C17H23N3O4/c1-2-18-5-6-19-17(22)12-9-16(21)20(11-12)13-3-4-14-15(10-13)24-8-7-23-14/h3-4,10,12,18H,2,5-9,11H2,1H3,(H,19,22). The minimum Gasteiger partial charge on any atom is -0.486 e. The zero-order valence-corrected chi connectivity index (χ0v) is 13.8. The highest BCUT2D eigenvalue weighted by molar-refractivity contribution is 6.00. The summed E-state index contributed by atoms with van der Waals surface area (Å²) in [6.45, 7) is 5.62. The highest BCUT2D eigenvalue weighted by Crippen LogP contribution is 2.35. The normalized spacial score (nSPS) is 19.5. The van der Waals surface area contributed by atoms with Crippen LogP contribution >= 0.6 is 0 Å². The van der Waals surface area contributed by atoms with Crippen LogP contribution < -0.4 is 25.0 Å². The van der Waals surface area contributed by atoms with Gasteiger partial charge in [0.25, 0.3) is 0 Å². The molecule has 1 aromatic carbocycles. The molecule has 1 saturated heterocycles. The van der Waals surface area contributed by atoms with E-state index in [1.54, 1.807) is 17.0 Å². The Morgan fingerprint density at radius 2 is 2.04 bits per heavy atom. The summed E-state index contributed by atoms with van der Waals surface area (Å²) in [6.07, 6.45) is 0.238. The SMILES string of the molecule is CCNCCNC(=O)C1CC(=O)N(c2ccc3c(c2)OCCO3)C1. The van der Waals surface area contributed by atoms with Crippen molar-refractivity contribution in [1.29, 1.82) is 0 Å². The van der Waals surface area contributed by atoms with E-state index in [1.807, 2.05) is 13.0 Å². The number of anilines is 1. The van der Waals surface area contributed by atoms with Crippen molar-refractivity contribution in [3.05, 3.63) is 18.2 Å². The Morgan fingerprint density at radius 3 is 2.83 bits per heavy atom. The molecule has 2 aliphatic heterocycles. The lowest BCUT2D eigenvalue weighted by Crippen LogP contribution is -2.37. The molecule has 1 atom stereocenters. The van der Waals surface area contributed by atoms with Crippen molar-refractivity contribution in [1.82, 2.24) is 10.6 Å². The molecule has 0 radical (unpaired) electrons. The second kappa shape index (κ2) is 7.53. The minimum atomic E-state index is -0.313. The molecule has 3 rings (SSSR count). The molecule has 0 aliphatic carbocycles. The van der Waals surface area contributed by atoms with Crippen LogP contribution in [0.2, 0.25) is 0 Å². The average molecular weight is 333 g/mol. The molecule has 2 aliphatic rings. The number of hydrogen-bond donors (Lipinski definition) is 2. The Kier molecular flexibility index (Phi) is 5.20. The van der Waals surface area contributed by atoms with Gasteiger partial charge in [0.1, 0.15) is 13.2 Å². The van der Waals surface area contributed by atoms with Crippen LogP contribution in [0.25, 0.3) is 0 Å². The van der Waals surface area contributed by atoms with Crippen molar-refractivity contribution in [3.8, 4) is 11.5 Å². The van der Waals surface area contributed by atoms with Gasteiger partial charge in [-0.1, -0.05) is 6.92 Å². The summed E-state index contributed by atoms with van der Waals surface area (Å²) >= 11 is 0. The van der Waals surface area contributed by atoms with E-state index >= 15 is 0 Å². The summed E-state index contributed by atoms with van der Waals surface area (Å²) in [5.74, 6) is 0.909. The van der Waals surface area contributed by atoms with Gasteiger partial charge < -0.3 is 25.0 Å². The fraction of sp³-hybridized carbons (Fsp3) is 0.529. The van der Waals surface area contributed by atoms with Crippen LogP contribution in [0.1, 0.15) is 13.3 Å². The number of carbonyl (C=O) groups is 2. The van der Waals surface area contributed by atoms with Crippen LogP contribution in [-0.2, 0) is 9.59 Å². The number of likely N-dealkylation sites (N-methyl/N-ethyl adjacent to an activating group) is 1. The van der Waals surface area contributed by atoms with E-state index in [1.165, 1.54) is 0 Å². The molecule has 2 amide bonds. The molecule has 7 heteroatoms. The summed E-state index contributed by atoms with van der Waals surface area (Å²) in [4.78, 5) is 26.1. The third-order valence-corrected chi connectivity index (χ3v) is 4.18. The highest BCUT2D eigenvalue weighted by atomic mass is 16.6. The Labute approximate surface area is 141 Å². The largest absolute Gasteiger partial charge is 0.486 e. The maximum Gasteiger partial charge on any atom is 0.227 e. The third-order valence-electron chi connectivity index (χ3n) is 4.18. The Hall–Kier alpha value is -2.28. The zero-order valence-electron chi connectivity index (χ0n) is 13.8. The van der Waals surface area contributed by atoms with Crippen molar-refractivity contribution < 1.29 is 19.1 Å². The molecule has 7 nitrogen and oxygen atoms in total. The Morgan fingerprint density at radius 1 is 1.25 bits per heavy atom. The predicted molar refractivity (Wildman–Crippen MR) is 89.4 cm³/mol. The topological polar surface area (TPSA) is 79.9 Å². The molecule has 130 valence electrons. The quantitative estimate of drug-likeness (QED) is 0.743. The van der Waals surface area contributed by atoms with Gasteiger partial charge in [0.2, 0.25) is 11.8 Å². The van der Waals surface area contributed by atoms with Crippen LogP contribution in [0, 0.1) is 5.92 Å². The summed E-state index contributed by atoms with van der Waals surface area (Å²) in [5.41, 5.74) is 0.743. The first-order valence-corrected chi connectivity index (χ1v) is 8.37. The summed E-state index contributed by atoms with van der Waals surface area (Å²) in [5, 5.41) is 6.03. The molecule has 1 unspecified atom stereocenters. The number of rotatable bonds is 6. The molecule has 0 saturated carbocycles. The van der Waals surface area contributed by atoms with Crippen molar-refractivity contribution in [3.63, 3.8) is 0 Å². The van der Waals surface area contributed by atoms with Crippen molar-refractivity contribution in [2.24, 2.45) is 5.92 Å². The fourth-order valence-corrected chi connectivity index (χ4v) is 2.93. The molecule has 1 fully saturated rings. The van der Waals surface area contributed by atoms with Crippen LogP contribution in [-0.4, -0.2) is 51.2 Å². The van der Waals surface area contributed by atoms with Gasteiger partial charge >= 0.3 is 0 Å². The first-order chi connectivity index (χ1) is 11.7. The molecular formula is C17H23N3O4. The maximum absolute atomic E-state index is 12.3. The second-order valence-electron chi connectivity index (χ2n) is 5.88. The summed E-state index contributed by atoms with van der Waals surface area (Å²) in [6, 6.07) is 5.44. The lowest BCUT2D eigenvalue weighted by Gasteiger charge is -2.22. The minimum absolute atomic E-state index is 0.0430. The number of nitrogens with zero attached hydrogens (tertiary/aromatic N) is 1. The molecule has 0 aromatic heterocycles. The first-order valence-electron chi connectivity index (χ1n) is 8.37. The van der Waals surface area contributed by atoms with E-state index in [9.17, 15) is 9.59 Å². The zero-order chi connectivity index (χ0) is 16.9. The summed E-state index contributed by atoms with van der Waals surface area (Å²) in [7, 11) is 0. The third kappa shape index (κ3) is 3.62. The van der Waals surface area contributed by atoms with Crippen LogP contribution in [0.15, 0.2) is 18.2 Å². The van der Waals surface area contributed by atoms with E-state index in [-0.39, 0.29) is 24.2 Å². The Bertz CT molecular complexity index is 620. The molecule has 0 spiro atoms. The van der Waals surface area contributed by atoms with E-state index < -0.39 is 0 Å². The van der Waals surface area contributed by atoms with Gasteiger partial charge in [-0.25, -0.2) is 0 Å². The lowest BCUT2D eigenvalue weighted by atomic mass is 10.1. The second-order valence-corrected chi connectivity index (χ2v) is 5.88. The van der Waals surface area contributed by atoms with Gasteiger partial charge in [0, 0.05) is 37.8 Å². The number of benzene rings is 1. The van der Waals surface area contributed by atoms with E-state index in [2.05, 4.69) is 10.6 Å². The molecule has 24 heavy (non-hydrogen) atoms. The molecule has 2 N–H and O–H groups in total. The van der Waals surface area contributed by atoms with Gasteiger partial charge in [-0.2, -0.15) is 0 Å². The first kappa shape index (κ1) is 16.6. The average Bonchev–Trinajstić information content (AvgIpc) is 3.00. The van der Waals surface area contributed by atoms with E-state index in [0.29, 0.717) is 37.8 Å². The molecular weight excluding hydrogens is 310 g/mol. The van der Waals surface area contributed by atoms with Gasteiger partial charge in [-0.3, -0.25) is 9.59 Å². The smallest absolute Gasteiger partial charge is 0.227 e. The lowest BCUT2D eigenvalue weighted by molar-refractivity contribution is -0.126. The van der Waals surface area contributed by atoms with Gasteiger partial charge in [-0.15, -0.1) is 0 Å². The fourth-order valence-electron chi connectivity index (χ4n) is 2.93. The molecule has 2 heterocycles. The van der Waals surface area contributed by atoms with Gasteiger partial charge in [0.05, 0.1) is 5.92 Å². The predicted octanol–water partition coefficient (Wildman–Crippen LogP) is 0.536. The van der Waals surface area contributed by atoms with Crippen molar-refractivity contribution in [2.45, 2.75) is 13.3 Å². The number of ether oxygens (including phenoxy) is 2. The van der Waals surface area contributed by atoms with E-state index in [4.69, 9.17) is 9.47 Å². The number of amides is 2. The number of hydrogen-bond acceptors (Lipinski definition) is 5. The van der Waals surface area contributed by atoms with Crippen LogP contribution in [0.5, 0.6) is 11.5 Å². The van der Waals surface area contributed by atoms with Crippen molar-refractivity contribution >= 4 is 17.5 Å². The maximum atomic E-state index is 12.3. The molecule has 0 bridgehead atoms.